The van der Waals surface area contributed by atoms with Crippen LogP contribution in [0.4, 0.5) is 5.69 Å². The molecule has 2 aromatic carbocycles. The SMILES string of the molecule is Cc1ccc(C)n1NC(=O)c1ccc(NC(=O)[C@H]2CC(=O)N(Cc3ccccc3)C2)cc1. The first-order chi connectivity index (χ1) is 15.4. The predicted octanol–water partition coefficient (Wildman–Crippen LogP) is 3.48. The lowest BCUT2D eigenvalue weighted by atomic mass is 10.1. The van der Waals surface area contributed by atoms with Crippen molar-refractivity contribution in [3.8, 4) is 0 Å². The van der Waals surface area contributed by atoms with Gasteiger partial charge in [0.1, 0.15) is 0 Å². The molecule has 0 aliphatic carbocycles. The normalized spacial score (nSPS) is 15.6. The van der Waals surface area contributed by atoms with E-state index in [9.17, 15) is 14.4 Å². The molecule has 7 nitrogen and oxygen atoms in total. The minimum absolute atomic E-state index is 0.0170. The van der Waals surface area contributed by atoms with Crippen LogP contribution in [0.1, 0.15) is 33.7 Å². The van der Waals surface area contributed by atoms with E-state index in [2.05, 4.69) is 10.7 Å². The number of aromatic nitrogens is 1. The third-order valence-corrected chi connectivity index (χ3v) is 5.70. The summed E-state index contributed by atoms with van der Waals surface area (Å²) in [7, 11) is 0. The maximum absolute atomic E-state index is 12.7. The topological polar surface area (TPSA) is 83.4 Å². The summed E-state index contributed by atoms with van der Waals surface area (Å²) in [6.07, 6.45) is 0.203. The lowest BCUT2D eigenvalue weighted by Crippen LogP contribution is -2.28. The maximum atomic E-state index is 12.7. The van der Waals surface area contributed by atoms with Gasteiger partial charge in [-0.3, -0.25) is 24.5 Å². The van der Waals surface area contributed by atoms with Gasteiger partial charge in [-0.1, -0.05) is 30.3 Å². The zero-order chi connectivity index (χ0) is 22.7. The summed E-state index contributed by atoms with van der Waals surface area (Å²) in [6, 6.07) is 20.3. The molecular formula is C25H26N4O3. The summed E-state index contributed by atoms with van der Waals surface area (Å²) in [6.45, 7) is 4.74. The monoisotopic (exact) mass is 430 g/mol. The first-order valence-electron chi connectivity index (χ1n) is 10.6. The van der Waals surface area contributed by atoms with Gasteiger partial charge in [-0.05, 0) is 55.8 Å². The van der Waals surface area contributed by atoms with Crippen molar-refractivity contribution in [2.24, 2.45) is 5.92 Å². The van der Waals surface area contributed by atoms with Crippen molar-refractivity contribution in [1.29, 1.82) is 0 Å². The summed E-state index contributed by atoms with van der Waals surface area (Å²) in [4.78, 5) is 39.3. The van der Waals surface area contributed by atoms with E-state index in [1.165, 1.54) is 0 Å². The average Bonchev–Trinajstić information content (AvgIpc) is 3.31. The van der Waals surface area contributed by atoms with Gasteiger partial charge in [0.2, 0.25) is 11.8 Å². The van der Waals surface area contributed by atoms with E-state index < -0.39 is 5.92 Å². The summed E-state index contributed by atoms with van der Waals surface area (Å²) in [5.74, 6) is -0.835. The Balaban J connectivity index is 1.34. The molecular weight excluding hydrogens is 404 g/mol. The van der Waals surface area contributed by atoms with Gasteiger partial charge >= 0.3 is 0 Å². The molecule has 3 amide bonds. The molecule has 1 aliphatic rings. The van der Waals surface area contributed by atoms with Gasteiger partial charge in [-0.15, -0.1) is 0 Å². The minimum atomic E-state index is -0.395. The molecule has 0 radical (unpaired) electrons. The standard InChI is InChI=1S/C25H26N4O3/c1-17-8-9-18(2)29(17)27-25(32)20-10-12-22(13-11-20)26-24(31)21-14-23(30)28(16-21)15-19-6-4-3-5-7-19/h3-13,21H,14-16H2,1-2H3,(H,26,31)(H,27,32)/t21-/m0/s1. The molecule has 4 rings (SSSR count). The number of benzene rings is 2. The van der Waals surface area contributed by atoms with Crippen molar-refractivity contribution in [2.45, 2.75) is 26.8 Å². The molecule has 164 valence electrons. The van der Waals surface area contributed by atoms with Gasteiger partial charge in [-0.2, -0.15) is 0 Å². The van der Waals surface area contributed by atoms with Gasteiger partial charge in [-0.25, -0.2) is 0 Å². The Morgan fingerprint density at radius 2 is 1.59 bits per heavy atom. The highest BCUT2D eigenvalue weighted by molar-refractivity contribution is 6.01. The van der Waals surface area contributed by atoms with Crippen LogP contribution in [-0.4, -0.2) is 33.8 Å². The molecule has 7 heteroatoms. The second-order valence-electron chi connectivity index (χ2n) is 8.12. The quantitative estimate of drug-likeness (QED) is 0.628. The van der Waals surface area contributed by atoms with Crippen LogP contribution in [0.5, 0.6) is 0 Å². The molecule has 0 saturated carbocycles. The number of carbonyl (C=O) groups is 3. The molecule has 32 heavy (non-hydrogen) atoms. The molecule has 0 unspecified atom stereocenters. The number of nitrogens with one attached hydrogen (secondary N) is 2. The smallest absolute Gasteiger partial charge is 0.270 e. The van der Waals surface area contributed by atoms with Crippen molar-refractivity contribution < 1.29 is 14.4 Å². The number of hydrogen-bond acceptors (Lipinski definition) is 3. The van der Waals surface area contributed by atoms with Gasteiger partial charge in [0, 0.05) is 42.1 Å². The molecule has 0 spiro atoms. The number of anilines is 1. The maximum Gasteiger partial charge on any atom is 0.270 e. The van der Waals surface area contributed by atoms with Crippen LogP contribution < -0.4 is 10.7 Å². The number of likely N-dealkylation sites (tertiary alicyclic amines) is 1. The van der Waals surface area contributed by atoms with Crippen LogP contribution in [0, 0.1) is 19.8 Å². The summed E-state index contributed by atoms with van der Waals surface area (Å²) in [5.41, 5.74) is 6.85. The zero-order valence-electron chi connectivity index (χ0n) is 18.2. The summed E-state index contributed by atoms with van der Waals surface area (Å²) >= 11 is 0. The largest absolute Gasteiger partial charge is 0.338 e. The van der Waals surface area contributed by atoms with E-state index in [4.69, 9.17) is 0 Å². The molecule has 2 N–H and O–H groups in total. The fourth-order valence-electron chi connectivity index (χ4n) is 3.86. The average molecular weight is 431 g/mol. The Labute approximate surface area is 187 Å². The molecule has 0 bridgehead atoms. The van der Waals surface area contributed by atoms with E-state index in [0.717, 1.165) is 17.0 Å². The van der Waals surface area contributed by atoms with E-state index in [1.54, 1.807) is 33.8 Å². The van der Waals surface area contributed by atoms with Gasteiger partial charge in [0.05, 0.1) is 5.92 Å². The van der Waals surface area contributed by atoms with Gasteiger partial charge < -0.3 is 10.2 Å². The zero-order valence-corrected chi connectivity index (χ0v) is 18.2. The fraction of sp³-hybridized carbons (Fsp3) is 0.240. The van der Waals surface area contributed by atoms with Crippen LogP contribution in [0.3, 0.4) is 0 Å². The molecule has 1 saturated heterocycles. The van der Waals surface area contributed by atoms with E-state index in [0.29, 0.717) is 24.3 Å². The van der Waals surface area contributed by atoms with Crippen molar-refractivity contribution in [2.75, 3.05) is 17.3 Å². The van der Waals surface area contributed by atoms with Crippen LogP contribution in [0.15, 0.2) is 66.7 Å². The lowest BCUT2D eigenvalue weighted by Gasteiger charge is -2.16. The van der Waals surface area contributed by atoms with Crippen LogP contribution in [0.25, 0.3) is 0 Å². The summed E-state index contributed by atoms with van der Waals surface area (Å²) in [5, 5.41) is 2.86. The van der Waals surface area contributed by atoms with E-state index in [-0.39, 0.29) is 24.1 Å². The molecule has 1 aromatic heterocycles. The Morgan fingerprint density at radius 3 is 2.25 bits per heavy atom. The first kappa shape index (κ1) is 21.4. The highest BCUT2D eigenvalue weighted by atomic mass is 16.2. The number of nitrogens with zero attached hydrogens (tertiary/aromatic N) is 2. The molecule has 1 fully saturated rings. The Morgan fingerprint density at radius 1 is 0.938 bits per heavy atom. The van der Waals surface area contributed by atoms with Crippen LogP contribution >= 0.6 is 0 Å². The second kappa shape index (κ2) is 9.09. The van der Waals surface area contributed by atoms with Crippen LogP contribution in [0.2, 0.25) is 0 Å². The highest BCUT2D eigenvalue weighted by Crippen LogP contribution is 2.22. The van der Waals surface area contributed by atoms with E-state index in [1.807, 2.05) is 56.3 Å². The van der Waals surface area contributed by atoms with Gasteiger partial charge in [0.15, 0.2) is 0 Å². The lowest BCUT2D eigenvalue weighted by molar-refractivity contribution is -0.128. The van der Waals surface area contributed by atoms with Crippen molar-refractivity contribution in [1.82, 2.24) is 9.58 Å². The molecule has 1 atom stereocenters. The minimum Gasteiger partial charge on any atom is -0.338 e. The number of carbonyl (C=O) groups excluding carboxylic acids is 3. The first-order valence-corrected chi connectivity index (χ1v) is 10.6. The molecule has 2 heterocycles. The van der Waals surface area contributed by atoms with Crippen molar-refractivity contribution in [3.05, 3.63) is 89.2 Å². The van der Waals surface area contributed by atoms with Gasteiger partial charge in [0.25, 0.3) is 5.91 Å². The molecule has 1 aliphatic heterocycles. The fourth-order valence-corrected chi connectivity index (χ4v) is 3.86. The second-order valence-corrected chi connectivity index (χ2v) is 8.12. The predicted molar refractivity (Wildman–Crippen MR) is 123 cm³/mol. The van der Waals surface area contributed by atoms with E-state index >= 15 is 0 Å². The number of hydrogen-bond donors (Lipinski definition) is 2. The number of rotatable bonds is 6. The Hall–Kier alpha value is -3.87. The Bertz CT molecular complexity index is 1120. The van der Waals surface area contributed by atoms with Crippen molar-refractivity contribution >= 4 is 23.4 Å². The summed E-state index contributed by atoms with van der Waals surface area (Å²) < 4.78 is 1.73. The highest BCUT2D eigenvalue weighted by Gasteiger charge is 2.34. The number of aryl methyl sites for hydroxylation is 2. The third-order valence-electron chi connectivity index (χ3n) is 5.70. The Kier molecular flexibility index (Phi) is 6.07. The number of amides is 3. The molecule has 3 aromatic rings. The third kappa shape index (κ3) is 4.72. The van der Waals surface area contributed by atoms with Crippen molar-refractivity contribution in [3.63, 3.8) is 0 Å². The van der Waals surface area contributed by atoms with Crippen LogP contribution in [-0.2, 0) is 16.1 Å².